The van der Waals surface area contributed by atoms with Gasteiger partial charge in [0.05, 0.1) is 11.8 Å². The van der Waals surface area contributed by atoms with Crippen LogP contribution in [0.15, 0.2) is 18.3 Å². The predicted molar refractivity (Wildman–Crippen MR) is 56.0 cm³/mol. The van der Waals surface area contributed by atoms with Gasteiger partial charge in [0.2, 0.25) is 0 Å². The number of hydrogen-bond donors (Lipinski definition) is 1. The molecule has 0 bridgehead atoms. The van der Waals surface area contributed by atoms with Crippen LogP contribution in [-0.4, -0.2) is 28.6 Å². The van der Waals surface area contributed by atoms with Gasteiger partial charge in [-0.1, -0.05) is 6.92 Å². The van der Waals surface area contributed by atoms with Crippen molar-refractivity contribution < 1.29 is 14.6 Å². The zero-order valence-corrected chi connectivity index (χ0v) is 8.93. The summed E-state index contributed by atoms with van der Waals surface area (Å²) in [6.07, 6.45) is 2.76. The fraction of sp³-hybridized carbons (Fsp3) is 0.455. The van der Waals surface area contributed by atoms with Crippen LogP contribution >= 0.6 is 0 Å². The maximum Gasteiger partial charge on any atom is 0.168 e. The molecule has 4 nitrogen and oxygen atoms in total. The maximum atomic E-state index is 10.3. The fourth-order valence-electron chi connectivity index (χ4n) is 0.888. The number of aromatic nitrogens is 1. The summed E-state index contributed by atoms with van der Waals surface area (Å²) in [6.45, 7) is 3.81. The average Bonchev–Trinajstić information content (AvgIpc) is 2.27. The van der Waals surface area contributed by atoms with E-state index < -0.39 is 5.60 Å². The number of rotatable bonds is 5. The lowest BCUT2D eigenvalue weighted by Gasteiger charge is -2.21. The predicted octanol–water partition coefficient (Wildman–Crippen LogP) is 1.43. The molecule has 1 rings (SSSR count). The van der Waals surface area contributed by atoms with Gasteiger partial charge < -0.3 is 9.84 Å². The molecule has 1 aromatic heterocycles. The molecule has 0 fully saturated rings. The van der Waals surface area contributed by atoms with Gasteiger partial charge in [-0.3, -0.25) is 4.79 Å². The molecule has 0 amide bonds. The Labute approximate surface area is 88.9 Å². The molecule has 0 aliphatic rings. The van der Waals surface area contributed by atoms with Gasteiger partial charge in [0.1, 0.15) is 18.1 Å². The minimum absolute atomic E-state index is 0.214. The van der Waals surface area contributed by atoms with Gasteiger partial charge in [-0.2, -0.15) is 0 Å². The van der Waals surface area contributed by atoms with Crippen LogP contribution in [-0.2, 0) is 0 Å². The van der Waals surface area contributed by atoms with Crippen LogP contribution in [0.25, 0.3) is 0 Å². The van der Waals surface area contributed by atoms with E-state index in [0.717, 1.165) is 0 Å². The topological polar surface area (TPSA) is 59.4 Å². The third-order valence-electron chi connectivity index (χ3n) is 2.19. The van der Waals surface area contributed by atoms with E-state index in [1.54, 1.807) is 19.1 Å². The zero-order valence-electron chi connectivity index (χ0n) is 8.93. The van der Waals surface area contributed by atoms with Crippen LogP contribution in [0.2, 0.25) is 0 Å². The van der Waals surface area contributed by atoms with Crippen molar-refractivity contribution in [1.29, 1.82) is 0 Å². The van der Waals surface area contributed by atoms with Gasteiger partial charge >= 0.3 is 0 Å². The van der Waals surface area contributed by atoms with Crippen LogP contribution in [0, 0.1) is 0 Å². The number of nitrogens with zero attached hydrogens (tertiary/aromatic N) is 1. The maximum absolute atomic E-state index is 10.3. The number of hydrogen-bond acceptors (Lipinski definition) is 4. The van der Waals surface area contributed by atoms with E-state index in [-0.39, 0.29) is 6.61 Å². The molecule has 1 atom stereocenters. The summed E-state index contributed by atoms with van der Waals surface area (Å²) >= 11 is 0. The Balaban J connectivity index is 2.54. The molecular formula is C11H15NO3. The molecule has 1 heterocycles. The lowest BCUT2D eigenvalue weighted by Crippen LogP contribution is -2.31. The minimum Gasteiger partial charge on any atom is -0.489 e. The summed E-state index contributed by atoms with van der Waals surface area (Å²) in [5.41, 5.74) is -0.465. The Bertz CT molecular complexity index is 319. The number of aldehydes is 1. The first-order valence-electron chi connectivity index (χ1n) is 4.84. The molecule has 0 saturated carbocycles. The number of aliphatic hydroxyl groups is 1. The molecule has 1 unspecified atom stereocenters. The van der Waals surface area contributed by atoms with Crippen molar-refractivity contribution in [3.8, 4) is 5.75 Å². The van der Waals surface area contributed by atoms with Gasteiger partial charge in [-0.15, -0.1) is 0 Å². The highest BCUT2D eigenvalue weighted by Gasteiger charge is 2.18. The van der Waals surface area contributed by atoms with E-state index in [9.17, 15) is 9.90 Å². The molecule has 15 heavy (non-hydrogen) atoms. The monoisotopic (exact) mass is 209 g/mol. The van der Waals surface area contributed by atoms with Crippen molar-refractivity contribution in [2.75, 3.05) is 6.61 Å². The van der Waals surface area contributed by atoms with Gasteiger partial charge in [0.25, 0.3) is 0 Å². The Morgan fingerprint density at radius 2 is 2.33 bits per heavy atom. The van der Waals surface area contributed by atoms with Crippen molar-refractivity contribution in [2.45, 2.75) is 25.9 Å². The van der Waals surface area contributed by atoms with E-state index in [2.05, 4.69) is 4.98 Å². The minimum atomic E-state index is -0.830. The lowest BCUT2D eigenvalue weighted by molar-refractivity contribution is 0.00835. The summed E-state index contributed by atoms with van der Waals surface area (Å²) < 4.78 is 5.33. The average molecular weight is 209 g/mol. The van der Waals surface area contributed by atoms with Crippen molar-refractivity contribution in [3.05, 3.63) is 24.0 Å². The molecule has 4 heteroatoms. The zero-order chi connectivity index (χ0) is 11.3. The molecule has 0 spiro atoms. The third kappa shape index (κ3) is 3.67. The van der Waals surface area contributed by atoms with E-state index in [1.807, 2.05) is 6.92 Å². The van der Waals surface area contributed by atoms with E-state index in [0.29, 0.717) is 24.2 Å². The molecule has 0 radical (unpaired) electrons. The third-order valence-corrected chi connectivity index (χ3v) is 2.19. The SMILES string of the molecule is CCC(C)(O)COc1ccc(C=O)nc1. The number of pyridine rings is 1. The number of ether oxygens (including phenoxy) is 1. The smallest absolute Gasteiger partial charge is 0.168 e. The molecular weight excluding hydrogens is 194 g/mol. The molecule has 0 aliphatic heterocycles. The molecule has 1 aromatic rings. The van der Waals surface area contributed by atoms with Crippen LogP contribution < -0.4 is 4.74 Å². The first-order chi connectivity index (χ1) is 7.07. The summed E-state index contributed by atoms with van der Waals surface area (Å²) in [7, 11) is 0. The summed E-state index contributed by atoms with van der Waals surface area (Å²) in [5.74, 6) is 0.550. The second-order valence-corrected chi connectivity index (χ2v) is 3.68. The van der Waals surface area contributed by atoms with Crippen LogP contribution in [0.1, 0.15) is 30.8 Å². The largest absolute Gasteiger partial charge is 0.489 e. The van der Waals surface area contributed by atoms with Crippen molar-refractivity contribution in [3.63, 3.8) is 0 Å². The van der Waals surface area contributed by atoms with Crippen LogP contribution in [0.3, 0.4) is 0 Å². The first kappa shape index (κ1) is 11.7. The second kappa shape index (κ2) is 4.89. The van der Waals surface area contributed by atoms with Gasteiger partial charge in [0.15, 0.2) is 6.29 Å². The lowest BCUT2D eigenvalue weighted by atomic mass is 10.1. The van der Waals surface area contributed by atoms with Crippen molar-refractivity contribution in [2.24, 2.45) is 0 Å². The van der Waals surface area contributed by atoms with E-state index in [1.165, 1.54) is 6.20 Å². The standard InChI is InChI=1S/C11H15NO3/c1-3-11(2,14)8-15-10-5-4-9(7-13)12-6-10/h4-7,14H,3,8H2,1-2H3. The fourth-order valence-corrected chi connectivity index (χ4v) is 0.888. The highest BCUT2D eigenvalue weighted by Crippen LogP contribution is 2.13. The Morgan fingerprint density at radius 3 is 2.80 bits per heavy atom. The van der Waals surface area contributed by atoms with Crippen LogP contribution in [0.4, 0.5) is 0 Å². The molecule has 1 N–H and O–H groups in total. The first-order valence-corrected chi connectivity index (χ1v) is 4.84. The van der Waals surface area contributed by atoms with Gasteiger partial charge in [-0.05, 0) is 25.5 Å². The molecule has 82 valence electrons. The van der Waals surface area contributed by atoms with E-state index in [4.69, 9.17) is 4.74 Å². The van der Waals surface area contributed by atoms with Gasteiger partial charge in [0, 0.05) is 0 Å². The Hall–Kier alpha value is -1.42. The van der Waals surface area contributed by atoms with E-state index >= 15 is 0 Å². The summed E-state index contributed by atoms with van der Waals surface area (Å²) in [5, 5.41) is 9.68. The normalized spacial score (nSPS) is 14.3. The molecule has 0 aliphatic carbocycles. The summed E-state index contributed by atoms with van der Waals surface area (Å²) in [4.78, 5) is 14.2. The number of carbonyl (C=O) groups is 1. The quantitative estimate of drug-likeness (QED) is 0.745. The van der Waals surface area contributed by atoms with Gasteiger partial charge in [-0.25, -0.2) is 4.98 Å². The second-order valence-electron chi connectivity index (χ2n) is 3.68. The van der Waals surface area contributed by atoms with Crippen molar-refractivity contribution in [1.82, 2.24) is 4.98 Å². The molecule has 0 saturated heterocycles. The Kier molecular flexibility index (Phi) is 3.80. The van der Waals surface area contributed by atoms with Crippen LogP contribution in [0.5, 0.6) is 5.75 Å². The number of carbonyl (C=O) groups excluding carboxylic acids is 1. The highest BCUT2D eigenvalue weighted by molar-refractivity contribution is 5.71. The highest BCUT2D eigenvalue weighted by atomic mass is 16.5. The molecule has 0 aromatic carbocycles. The summed E-state index contributed by atoms with van der Waals surface area (Å²) in [6, 6.07) is 3.23. The van der Waals surface area contributed by atoms with Crippen molar-refractivity contribution >= 4 is 6.29 Å². The Morgan fingerprint density at radius 1 is 1.60 bits per heavy atom.